The molecule has 0 saturated heterocycles. The SMILES string of the molecule is COc1cc(CCCCCCCO)ccc1OCc1nc(-c2ccccc2)oc1C. The predicted octanol–water partition coefficient (Wildman–Crippen LogP) is 5.72. The zero-order valence-electron chi connectivity index (χ0n) is 17.9. The van der Waals surface area contributed by atoms with Crippen LogP contribution in [-0.4, -0.2) is 23.8 Å². The van der Waals surface area contributed by atoms with E-state index in [0.29, 0.717) is 24.9 Å². The van der Waals surface area contributed by atoms with Gasteiger partial charge in [0.25, 0.3) is 0 Å². The molecule has 3 rings (SSSR count). The van der Waals surface area contributed by atoms with Gasteiger partial charge in [0.05, 0.1) is 7.11 Å². The maximum absolute atomic E-state index is 8.83. The lowest BCUT2D eigenvalue weighted by molar-refractivity contribution is 0.279. The number of aliphatic hydroxyl groups excluding tert-OH is 1. The third-order valence-corrected chi connectivity index (χ3v) is 5.13. The van der Waals surface area contributed by atoms with Gasteiger partial charge in [0.2, 0.25) is 5.89 Å². The second kappa shape index (κ2) is 11.4. The summed E-state index contributed by atoms with van der Waals surface area (Å²) in [7, 11) is 1.66. The summed E-state index contributed by atoms with van der Waals surface area (Å²) in [6.45, 7) is 2.52. The second-order valence-corrected chi connectivity index (χ2v) is 7.40. The van der Waals surface area contributed by atoms with Gasteiger partial charge in [0.1, 0.15) is 18.1 Å². The Morgan fingerprint density at radius 2 is 1.70 bits per heavy atom. The number of unbranched alkanes of at least 4 members (excludes halogenated alkanes) is 4. The van der Waals surface area contributed by atoms with E-state index >= 15 is 0 Å². The van der Waals surface area contributed by atoms with Crippen LogP contribution in [0, 0.1) is 6.92 Å². The number of ether oxygens (including phenoxy) is 2. The minimum Gasteiger partial charge on any atom is -0.493 e. The highest BCUT2D eigenvalue weighted by Crippen LogP contribution is 2.30. The Morgan fingerprint density at radius 1 is 0.933 bits per heavy atom. The lowest BCUT2D eigenvalue weighted by Gasteiger charge is -2.12. The number of hydrogen-bond donors (Lipinski definition) is 1. The monoisotopic (exact) mass is 409 g/mol. The average Bonchev–Trinajstić information content (AvgIpc) is 3.16. The highest BCUT2D eigenvalue weighted by molar-refractivity contribution is 5.53. The zero-order valence-corrected chi connectivity index (χ0v) is 17.9. The third-order valence-electron chi connectivity index (χ3n) is 5.13. The van der Waals surface area contributed by atoms with E-state index in [-0.39, 0.29) is 0 Å². The molecule has 0 spiro atoms. The van der Waals surface area contributed by atoms with Crippen molar-refractivity contribution in [3.05, 3.63) is 65.5 Å². The average molecular weight is 410 g/mol. The van der Waals surface area contributed by atoms with Crippen LogP contribution in [0.1, 0.15) is 49.1 Å². The number of aromatic nitrogens is 1. The molecule has 0 bridgehead atoms. The van der Waals surface area contributed by atoms with E-state index in [0.717, 1.165) is 48.5 Å². The molecular weight excluding hydrogens is 378 g/mol. The van der Waals surface area contributed by atoms with E-state index in [1.54, 1.807) is 7.11 Å². The number of aryl methyl sites for hydroxylation is 2. The first-order valence-electron chi connectivity index (χ1n) is 10.6. The minimum absolute atomic E-state index is 0.292. The Morgan fingerprint density at radius 3 is 2.47 bits per heavy atom. The highest BCUT2D eigenvalue weighted by Gasteiger charge is 2.13. The Balaban J connectivity index is 1.57. The van der Waals surface area contributed by atoms with E-state index in [1.165, 1.54) is 18.4 Å². The number of hydrogen-bond acceptors (Lipinski definition) is 5. The summed E-state index contributed by atoms with van der Waals surface area (Å²) in [6, 6.07) is 16.0. The first-order chi connectivity index (χ1) is 14.7. The number of oxazole rings is 1. The van der Waals surface area contributed by atoms with Crippen LogP contribution in [0.15, 0.2) is 52.9 Å². The van der Waals surface area contributed by atoms with Crippen molar-refractivity contribution in [1.82, 2.24) is 4.98 Å². The van der Waals surface area contributed by atoms with Gasteiger partial charge in [0.15, 0.2) is 11.5 Å². The first kappa shape index (κ1) is 21.9. The van der Waals surface area contributed by atoms with E-state index in [4.69, 9.17) is 19.0 Å². The molecule has 2 aromatic carbocycles. The van der Waals surface area contributed by atoms with E-state index in [9.17, 15) is 0 Å². The molecule has 5 heteroatoms. The molecule has 1 N–H and O–H groups in total. The number of rotatable bonds is 12. The molecule has 160 valence electrons. The largest absolute Gasteiger partial charge is 0.493 e. The summed E-state index contributed by atoms with van der Waals surface area (Å²) in [6.07, 6.45) is 6.49. The summed E-state index contributed by atoms with van der Waals surface area (Å²) < 4.78 is 17.3. The van der Waals surface area contributed by atoms with Gasteiger partial charge in [0, 0.05) is 12.2 Å². The summed E-state index contributed by atoms with van der Waals surface area (Å²) in [5.41, 5.74) is 2.97. The van der Waals surface area contributed by atoms with Crippen LogP contribution in [0.2, 0.25) is 0 Å². The highest BCUT2D eigenvalue weighted by atomic mass is 16.5. The Hall–Kier alpha value is -2.79. The Labute approximate surface area is 178 Å². The first-order valence-corrected chi connectivity index (χ1v) is 10.6. The molecule has 1 heterocycles. The molecule has 0 aliphatic carbocycles. The fraction of sp³-hybridized carbons (Fsp3) is 0.400. The maximum Gasteiger partial charge on any atom is 0.226 e. The quantitative estimate of drug-likeness (QED) is 0.387. The van der Waals surface area contributed by atoms with Crippen LogP contribution in [0.3, 0.4) is 0 Å². The fourth-order valence-electron chi connectivity index (χ4n) is 3.37. The zero-order chi connectivity index (χ0) is 21.2. The van der Waals surface area contributed by atoms with Crippen molar-refractivity contribution < 1.29 is 19.0 Å². The van der Waals surface area contributed by atoms with E-state index in [2.05, 4.69) is 11.1 Å². The molecule has 3 aromatic rings. The summed E-state index contributed by atoms with van der Waals surface area (Å²) in [5.74, 6) is 2.80. The molecule has 0 aliphatic heterocycles. The van der Waals surface area contributed by atoms with Crippen LogP contribution in [0.5, 0.6) is 11.5 Å². The van der Waals surface area contributed by atoms with E-state index < -0.39 is 0 Å². The molecule has 0 fully saturated rings. The lowest BCUT2D eigenvalue weighted by Crippen LogP contribution is -2.00. The van der Waals surface area contributed by atoms with Gasteiger partial charge < -0.3 is 19.0 Å². The van der Waals surface area contributed by atoms with Crippen molar-refractivity contribution in [1.29, 1.82) is 0 Å². The number of methoxy groups -OCH3 is 1. The van der Waals surface area contributed by atoms with Gasteiger partial charge in [-0.3, -0.25) is 0 Å². The van der Waals surface area contributed by atoms with Crippen molar-refractivity contribution in [3.63, 3.8) is 0 Å². The van der Waals surface area contributed by atoms with Gasteiger partial charge in [-0.1, -0.05) is 43.5 Å². The number of aliphatic hydroxyl groups is 1. The van der Waals surface area contributed by atoms with Crippen molar-refractivity contribution in [2.45, 2.75) is 52.1 Å². The molecule has 1 aromatic heterocycles. The van der Waals surface area contributed by atoms with Gasteiger partial charge in [-0.05, 0) is 56.0 Å². The van der Waals surface area contributed by atoms with Crippen LogP contribution in [-0.2, 0) is 13.0 Å². The molecular formula is C25H31NO4. The minimum atomic E-state index is 0.292. The van der Waals surface area contributed by atoms with E-state index in [1.807, 2.05) is 49.4 Å². The number of nitrogens with zero attached hydrogens (tertiary/aromatic N) is 1. The molecule has 0 amide bonds. The van der Waals surface area contributed by atoms with Crippen molar-refractivity contribution >= 4 is 0 Å². The van der Waals surface area contributed by atoms with Crippen LogP contribution in [0.4, 0.5) is 0 Å². The molecule has 0 radical (unpaired) electrons. The van der Waals surface area contributed by atoms with Crippen molar-refractivity contribution in [2.24, 2.45) is 0 Å². The smallest absolute Gasteiger partial charge is 0.226 e. The van der Waals surface area contributed by atoms with Crippen LogP contribution in [0.25, 0.3) is 11.5 Å². The third kappa shape index (κ3) is 6.10. The van der Waals surface area contributed by atoms with Crippen molar-refractivity contribution in [2.75, 3.05) is 13.7 Å². The van der Waals surface area contributed by atoms with Gasteiger partial charge in [-0.2, -0.15) is 0 Å². The number of benzene rings is 2. The summed E-state index contributed by atoms with van der Waals surface area (Å²) in [5, 5.41) is 8.83. The van der Waals surface area contributed by atoms with Gasteiger partial charge >= 0.3 is 0 Å². The lowest BCUT2D eigenvalue weighted by atomic mass is 10.0. The van der Waals surface area contributed by atoms with Crippen LogP contribution >= 0.6 is 0 Å². The molecule has 0 saturated carbocycles. The standard InChI is InChI=1S/C25H31NO4/c1-19-22(26-25(30-19)21-12-8-6-9-13-21)18-29-23-15-14-20(17-24(23)28-2)11-7-4-3-5-10-16-27/h6,8-9,12-15,17,27H,3-5,7,10-11,16,18H2,1-2H3. The predicted molar refractivity (Wildman–Crippen MR) is 118 cm³/mol. The second-order valence-electron chi connectivity index (χ2n) is 7.40. The molecule has 5 nitrogen and oxygen atoms in total. The van der Waals surface area contributed by atoms with Crippen LogP contribution < -0.4 is 9.47 Å². The van der Waals surface area contributed by atoms with Gasteiger partial charge in [-0.25, -0.2) is 4.98 Å². The molecule has 0 unspecified atom stereocenters. The normalized spacial score (nSPS) is 10.9. The molecule has 0 atom stereocenters. The summed E-state index contributed by atoms with van der Waals surface area (Å²) in [4.78, 5) is 4.59. The Kier molecular flexibility index (Phi) is 8.33. The maximum atomic E-state index is 8.83. The molecule has 0 aliphatic rings. The summed E-state index contributed by atoms with van der Waals surface area (Å²) >= 11 is 0. The van der Waals surface area contributed by atoms with Crippen molar-refractivity contribution in [3.8, 4) is 23.0 Å². The Bertz CT molecular complexity index is 905. The molecule has 30 heavy (non-hydrogen) atoms. The van der Waals surface area contributed by atoms with Gasteiger partial charge in [-0.15, -0.1) is 0 Å². The fourth-order valence-corrected chi connectivity index (χ4v) is 3.37. The topological polar surface area (TPSA) is 64.7 Å².